The van der Waals surface area contributed by atoms with Crippen LogP contribution in [0.1, 0.15) is 36.9 Å². The van der Waals surface area contributed by atoms with Gasteiger partial charge in [-0.25, -0.2) is 0 Å². The fraction of sp³-hybridized carbons (Fsp3) is 0.350. The summed E-state index contributed by atoms with van der Waals surface area (Å²) in [6, 6.07) is 13.8. The number of hydrogen-bond acceptors (Lipinski definition) is 4. The Morgan fingerprint density at radius 2 is 1.92 bits per heavy atom. The molecule has 2 rings (SSSR count). The maximum atomic E-state index is 13.0. The Morgan fingerprint density at radius 1 is 1.23 bits per heavy atom. The number of rotatable bonds is 8. The normalized spacial score (nSPS) is 12.0. The van der Waals surface area contributed by atoms with Crippen molar-refractivity contribution in [3.8, 4) is 0 Å². The number of nitrogens with zero attached hydrogens (tertiary/aromatic N) is 2. The van der Waals surface area contributed by atoms with Crippen molar-refractivity contribution in [1.82, 2.24) is 4.90 Å². The molecule has 0 aliphatic rings. The predicted molar refractivity (Wildman–Crippen MR) is 103 cm³/mol. The minimum absolute atomic E-state index is 0.0960. The van der Waals surface area contributed by atoms with Gasteiger partial charge in [-0.3, -0.25) is 19.8 Å². The zero-order valence-corrected chi connectivity index (χ0v) is 15.4. The number of nitro benzene ring substituents is 1. The summed E-state index contributed by atoms with van der Waals surface area (Å²) < 4.78 is 0. The molecule has 0 saturated heterocycles. The number of unbranched alkanes of at least 4 members (excludes halogenated alkanes) is 1. The van der Waals surface area contributed by atoms with Crippen LogP contribution < -0.4 is 5.32 Å². The summed E-state index contributed by atoms with van der Waals surface area (Å²) in [4.78, 5) is 25.8. The van der Waals surface area contributed by atoms with Gasteiger partial charge in [0.25, 0.3) is 5.69 Å². The zero-order valence-electron chi connectivity index (χ0n) is 15.4. The third-order valence-corrected chi connectivity index (χ3v) is 4.28. The van der Waals surface area contributed by atoms with E-state index in [1.807, 2.05) is 42.3 Å². The summed E-state index contributed by atoms with van der Waals surface area (Å²) in [5.41, 5.74) is 1.75. The van der Waals surface area contributed by atoms with E-state index in [1.165, 1.54) is 6.07 Å². The number of nitrogens with one attached hydrogen (secondary N) is 1. The standard InChI is InChI=1S/C20H25N3O3/c1-4-5-13-22(3)19(16-9-7-6-8-10-16)20(24)21-17-12-11-15(2)14-18(17)23(25)26/h6-12,14,19H,4-5,13H2,1-3H3,(H,21,24). The van der Waals surface area contributed by atoms with Crippen LogP contribution in [0.25, 0.3) is 0 Å². The Bertz CT molecular complexity index is 762. The van der Waals surface area contributed by atoms with E-state index in [1.54, 1.807) is 19.1 Å². The van der Waals surface area contributed by atoms with Crippen molar-refractivity contribution in [2.45, 2.75) is 32.7 Å². The Balaban J connectivity index is 2.31. The van der Waals surface area contributed by atoms with Gasteiger partial charge in [-0.15, -0.1) is 0 Å². The highest BCUT2D eigenvalue weighted by molar-refractivity contribution is 5.97. The number of amides is 1. The summed E-state index contributed by atoms with van der Waals surface area (Å²) in [6.07, 6.45) is 1.99. The Kier molecular flexibility index (Phi) is 6.86. The Labute approximate surface area is 154 Å². The van der Waals surface area contributed by atoms with Crippen molar-refractivity contribution < 1.29 is 9.72 Å². The van der Waals surface area contributed by atoms with E-state index in [-0.39, 0.29) is 17.3 Å². The SMILES string of the molecule is CCCCN(C)C(C(=O)Nc1ccc(C)cc1[N+](=O)[O-])c1ccccc1. The van der Waals surface area contributed by atoms with Crippen LogP contribution in [0, 0.1) is 17.0 Å². The van der Waals surface area contributed by atoms with Crippen molar-refractivity contribution in [2.24, 2.45) is 0 Å². The molecule has 0 spiro atoms. The molecule has 2 aromatic carbocycles. The lowest BCUT2D eigenvalue weighted by molar-refractivity contribution is -0.384. The quantitative estimate of drug-likeness (QED) is 0.565. The van der Waals surface area contributed by atoms with Gasteiger partial charge in [0.2, 0.25) is 5.91 Å². The van der Waals surface area contributed by atoms with Gasteiger partial charge in [0.1, 0.15) is 11.7 Å². The van der Waals surface area contributed by atoms with Gasteiger partial charge in [0.15, 0.2) is 0 Å². The van der Waals surface area contributed by atoms with Crippen molar-refractivity contribution >= 4 is 17.3 Å². The predicted octanol–water partition coefficient (Wildman–Crippen LogP) is 4.31. The fourth-order valence-corrected chi connectivity index (χ4v) is 2.88. The molecule has 0 fully saturated rings. The first-order valence-corrected chi connectivity index (χ1v) is 8.75. The Hall–Kier alpha value is -2.73. The van der Waals surface area contributed by atoms with Gasteiger partial charge in [-0.1, -0.05) is 49.7 Å². The average molecular weight is 355 g/mol. The summed E-state index contributed by atoms with van der Waals surface area (Å²) in [7, 11) is 1.90. The third kappa shape index (κ3) is 4.89. The van der Waals surface area contributed by atoms with Crippen LogP contribution in [0.2, 0.25) is 0 Å². The number of benzene rings is 2. The minimum Gasteiger partial charge on any atom is -0.319 e. The molecule has 1 N–H and O–H groups in total. The first kappa shape index (κ1) is 19.6. The molecule has 0 heterocycles. The number of anilines is 1. The lowest BCUT2D eigenvalue weighted by Crippen LogP contribution is -2.35. The lowest BCUT2D eigenvalue weighted by atomic mass is 10.0. The average Bonchev–Trinajstić information content (AvgIpc) is 2.62. The van der Waals surface area contributed by atoms with Gasteiger partial charge in [-0.05, 0) is 44.1 Å². The maximum Gasteiger partial charge on any atom is 0.293 e. The van der Waals surface area contributed by atoms with Crippen LogP contribution in [-0.4, -0.2) is 29.3 Å². The highest BCUT2D eigenvalue weighted by atomic mass is 16.6. The largest absolute Gasteiger partial charge is 0.319 e. The Morgan fingerprint density at radius 3 is 2.54 bits per heavy atom. The molecule has 1 unspecified atom stereocenters. The molecule has 6 heteroatoms. The van der Waals surface area contributed by atoms with Crippen LogP contribution in [0.5, 0.6) is 0 Å². The molecule has 1 atom stereocenters. The van der Waals surface area contributed by atoms with Crippen molar-refractivity contribution in [3.63, 3.8) is 0 Å². The topological polar surface area (TPSA) is 75.5 Å². The molecular formula is C20H25N3O3. The van der Waals surface area contributed by atoms with Gasteiger partial charge < -0.3 is 5.32 Å². The summed E-state index contributed by atoms with van der Waals surface area (Å²) in [5.74, 6) is -0.276. The van der Waals surface area contributed by atoms with E-state index < -0.39 is 11.0 Å². The number of likely N-dealkylation sites (N-methyl/N-ethyl adjacent to an activating group) is 1. The second kappa shape index (κ2) is 9.10. The molecular weight excluding hydrogens is 330 g/mol. The third-order valence-electron chi connectivity index (χ3n) is 4.28. The molecule has 0 bridgehead atoms. The highest BCUT2D eigenvalue weighted by Gasteiger charge is 2.27. The van der Waals surface area contributed by atoms with Crippen molar-refractivity contribution in [2.75, 3.05) is 18.9 Å². The molecule has 0 aromatic heterocycles. The highest BCUT2D eigenvalue weighted by Crippen LogP contribution is 2.28. The molecule has 26 heavy (non-hydrogen) atoms. The van der Waals surface area contributed by atoms with Gasteiger partial charge in [0, 0.05) is 6.07 Å². The van der Waals surface area contributed by atoms with E-state index in [2.05, 4.69) is 12.2 Å². The zero-order chi connectivity index (χ0) is 19.1. The van der Waals surface area contributed by atoms with Crippen LogP contribution in [0.4, 0.5) is 11.4 Å². The van der Waals surface area contributed by atoms with Crippen molar-refractivity contribution in [3.05, 3.63) is 69.8 Å². The van der Waals surface area contributed by atoms with Gasteiger partial charge in [0.05, 0.1) is 4.92 Å². The number of carbonyl (C=O) groups excluding carboxylic acids is 1. The van der Waals surface area contributed by atoms with E-state index in [4.69, 9.17) is 0 Å². The summed E-state index contributed by atoms with van der Waals surface area (Å²) >= 11 is 0. The number of nitro groups is 1. The monoisotopic (exact) mass is 355 g/mol. The summed E-state index contributed by atoms with van der Waals surface area (Å²) in [6.45, 7) is 4.64. The van der Waals surface area contributed by atoms with Crippen LogP contribution in [0.3, 0.4) is 0 Å². The van der Waals surface area contributed by atoms with Crippen LogP contribution in [0.15, 0.2) is 48.5 Å². The molecule has 0 aliphatic heterocycles. The number of aryl methyl sites for hydroxylation is 1. The number of carbonyl (C=O) groups is 1. The molecule has 6 nitrogen and oxygen atoms in total. The maximum absolute atomic E-state index is 13.0. The first-order chi connectivity index (χ1) is 12.4. The molecule has 0 aliphatic carbocycles. The first-order valence-electron chi connectivity index (χ1n) is 8.75. The number of hydrogen-bond donors (Lipinski definition) is 1. The molecule has 1 amide bonds. The van der Waals surface area contributed by atoms with Gasteiger partial charge >= 0.3 is 0 Å². The second-order valence-electron chi connectivity index (χ2n) is 6.41. The lowest BCUT2D eigenvalue weighted by Gasteiger charge is -2.27. The van der Waals surface area contributed by atoms with E-state index >= 15 is 0 Å². The fourth-order valence-electron chi connectivity index (χ4n) is 2.88. The van der Waals surface area contributed by atoms with E-state index in [0.717, 1.165) is 30.5 Å². The molecule has 138 valence electrons. The van der Waals surface area contributed by atoms with E-state index in [9.17, 15) is 14.9 Å². The summed E-state index contributed by atoms with van der Waals surface area (Å²) in [5, 5.41) is 14.1. The molecule has 0 radical (unpaired) electrons. The van der Waals surface area contributed by atoms with Gasteiger partial charge in [-0.2, -0.15) is 0 Å². The van der Waals surface area contributed by atoms with Crippen LogP contribution >= 0.6 is 0 Å². The second-order valence-corrected chi connectivity index (χ2v) is 6.41. The van der Waals surface area contributed by atoms with E-state index in [0.29, 0.717) is 0 Å². The molecule has 0 saturated carbocycles. The minimum atomic E-state index is -0.511. The molecule has 2 aromatic rings. The smallest absolute Gasteiger partial charge is 0.293 e. The van der Waals surface area contributed by atoms with Crippen molar-refractivity contribution in [1.29, 1.82) is 0 Å². The van der Waals surface area contributed by atoms with Crippen LogP contribution in [-0.2, 0) is 4.79 Å².